The molecule has 0 bridgehead atoms. The van der Waals surface area contributed by atoms with Gasteiger partial charge in [0.05, 0.1) is 12.3 Å². The molecule has 2 aromatic rings. The second kappa shape index (κ2) is 6.73. The van der Waals surface area contributed by atoms with Crippen LogP contribution in [-0.4, -0.2) is 19.3 Å². The molecule has 2 atom stereocenters. The molecule has 1 N–H and O–H groups in total. The van der Waals surface area contributed by atoms with Crippen LogP contribution in [0.15, 0.2) is 53.1 Å². The molecule has 3 rings (SSSR count). The average Bonchev–Trinajstić information content (AvgIpc) is 2.90. The van der Waals surface area contributed by atoms with Gasteiger partial charge in [-0.1, -0.05) is 30.3 Å². The van der Waals surface area contributed by atoms with Gasteiger partial charge in [-0.05, 0) is 37.0 Å². The molecule has 0 aliphatic carbocycles. The van der Waals surface area contributed by atoms with Gasteiger partial charge in [-0.15, -0.1) is 0 Å². The third kappa shape index (κ3) is 3.30. The fraction of sp³-hybridized carbons (Fsp3) is 0.412. The van der Waals surface area contributed by atoms with E-state index in [0.717, 1.165) is 38.2 Å². The Hall–Kier alpha value is -1.58. The van der Waals surface area contributed by atoms with E-state index < -0.39 is 0 Å². The van der Waals surface area contributed by atoms with E-state index in [0.29, 0.717) is 6.04 Å². The van der Waals surface area contributed by atoms with Crippen LogP contribution in [0.25, 0.3) is 0 Å². The minimum atomic E-state index is 0.120. The van der Waals surface area contributed by atoms with Crippen LogP contribution in [0.3, 0.4) is 0 Å². The van der Waals surface area contributed by atoms with Crippen LogP contribution in [-0.2, 0) is 4.74 Å². The lowest BCUT2D eigenvalue weighted by Crippen LogP contribution is -2.33. The summed E-state index contributed by atoms with van der Waals surface area (Å²) in [6, 6.07) is 15.1. The minimum Gasteiger partial charge on any atom is -0.467 e. The molecule has 1 saturated heterocycles. The predicted octanol–water partition coefficient (Wildman–Crippen LogP) is 3.53. The highest BCUT2D eigenvalue weighted by molar-refractivity contribution is 5.26. The van der Waals surface area contributed by atoms with Crippen molar-refractivity contribution in [3.05, 3.63) is 60.1 Å². The summed E-state index contributed by atoms with van der Waals surface area (Å²) < 4.78 is 11.2. The molecule has 0 spiro atoms. The predicted molar refractivity (Wildman–Crippen MR) is 78.6 cm³/mol. The van der Waals surface area contributed by atoms with Crippen molar-refractivity contribution >= 4 is 0 Å². The van der Waals surface area contributed by atoms with Crippen LogP contribution in [0.1, 0.15) is 36.6 Å². The number of furan rings is 1. The zero-order chi connectivity index (χ0) is 13.6. The van der Waals surface area contributed by atoms with Crippen molar-refractivity contribution in [2.45, 2.75) is 31.3 Å². The highest BCUT2D eigenvalue weighted by Gasteiger charge is 2.21. The van der Waals surface area contributed by atoms with Gasteiger partial charge >= 0.3 is 0 Å². The Morgan fingerprint density at radius 1 is 1.00 bits per heavy atom. The van der Waals surface area contributed by atoms with Gasteiger partial charge < -0.3 is 14.5 Å². The normalized spacial score (nSPS) is 21.3. The summed E-state index contributed by atoms with van der Waals surface area (Å²) in [5, 5.41) is 3.74. The van der Waals surface area contributed by atoms with Crippen LogP contribution in [0.5, 0.6) is 0 Å². The average molecular weight is 271 g/mol. The Bertz CT molecular complexity index is 487. The molecule has 0 amide bonds. The van der Waals surface area contributed by atoms with E-state index in [-0.39, 0.29) is 6.04 Å². The maximum Gasteiger partial charge on any atom is 0.125 e. The van der Waals surface area contributed by atoms with E-state index in [1.165, 1.54) is 5.56 Å². The standard InChI is InChI=1S/C17H21NO2/c1-2-6-14(7-3-1)17(16-9-5-12-20-16)18-15-8-4-11-19-13-10-15/h1-3,5-7,9,12,15,17-18H,4,8,10-11,13H2. The molecule has 3 heteroatoms. The second-order valence-electron chi connectivity index (χ2n) is 5.27. The first-order valence-electron chi connectivity index (χ1n) is 7.35. The molecule has 0 saturated carbocycles. The monoisotopic (exact) mass is 271 g/mol. The molecule has 1 aromatic heterocycles. The summed E-state index contributed by atoms with van der Waals surface area (Å²) in [7, 11) is 0. The number of hydrogen-bond donors (Lipinski definition) is 1. The maximum absolute atomic E-state index is 5.63. The smallest absolute Gasteiger partial charge is 0.125 e. The number of nitrogens with one attached hydrogen (secondary N) is 1. The van der Waals surface area contributed by atoms with Gasteiger partial charge in [-0.25, -0.2) is 0 Å². The van der Waals surface area contributed by atoms with E-state index in [2.05, 4.69) is 29.6 Å². The highest BCUT2D eigenvalue weighted by Crippen LogP contribution is 2.24. The summed E-state index contributed by atoms with van der Waals surface area (Å²) >= 11 is 0. The minimum absolute atomic E-state index is 0.120. The van der Waals surface area contributed by atoms with Crippen LogP contribution >= 0.6 is 0 Å². The molecule has 20 heavy (non-hydrogen) atoms. The molecule has 1 aliphatic rings. The van der Waals surface area contributed by atoms with Gasteiger partial charge in [0.15, 0.2) is 0 Å². The topological polar surface area (TPSA) is 34.4 Å². The Morgan fingerprint density at radius 2 is 1.90 bits per heavy atom. The molecule has 2 heterocycles. The van der Waals surface area contributed by atoms with Crippen molar-refractivity contribution in [2.75, 3.05) is 13.2 Å². The molecule has 1 aromatic carbocycles. The van der Waals surface area contributed by atoms with Gasteiger partial charge in [0.1, 0.15) is 5.76 Å². The van der Waals surface area contributed by atoms with Crippen molar-refractivity contribution < 1.29 is 9.15 Å². The first-order valence-corrected chi connectivity index (χ1v) is 7.35. The Balaban J connectivity index is 1.79. The third-order valence-corrected chi connectivity index (χ3v) is 3.81. The second-order valence-corrected chi connectivity index (χ2v) is 5.27. The first-order chi connectivity index (χ1) is 9.93. The summed E-state index contributed by atoms with van der Waals surface area (Å²) in [5.74, 6) is 0.973. The van der Waals surface area contributed by atoms with E-state index in [9.17, 15) is 0 Å². The summed E-state index contributed by atoms with van der Waals surface area (Å²) in [6.45, 7) is 1.73. The lowest BCUT2D eigenvalue weighted by Gasteiger charge is -2.23. The summed E-state index contributed by atoms with van der Waals surface area (Å²) in [4.78, 5) is 0. The SMILES string of the molecule is c1ccc(C(NC2CCCOCC2)c2ccco2)cc1. The fourth-order valence-electron chi connectivity index (χ4n) is 2.75. The van der Waals surface area contributed by atoms with Gasteiger partial charge in [-0.2, -0.15) is 0 Å². The van der Waals surface area contributed by atoms with Crippen molar-refractivity contribution in [3.63, 3.8) is 0 Å². The van der Waals surface area contributed by atoms with E-state index in [4.69, 9.17) is 9.15 Å². The molecule has 1 fully saturated rings. The zero-order valence-electron chi connectivity index (χ0n) is 11.6. The lowest BCUT2D eigenvalue weighted by molar-refractivity contribution is 0.142. The van der Waals surface area contributed by atoms with E-state index in [1.807, 2.05) is 18.2 Å². The van der Waals surface area contributed by atoms with Crippen molar-refractivity contribution in [3.8, 4) is 0 Å². The molecule has 3 nitrogen and oxygen atoms in total. The molecular weight excluding hydrogens is 250 g/mol. The molecule has 2 unspecified atom stereocenters. The third-order valence-electron chi connectivity index (χ3n) is 3.81. The number of rotatable bonds is 4. The van der Waals surface area contributed by atoms with Gasteiger partial charge in [0.2, 0.25) is 0 Å². The van der Waals surface area contributed by atoms with Crippen molar-refractivity contribution in [2.24, 2.45) is 0 Å². The van der Waals surface area contributed by atoms with Gasteiger partial charge in [-0.3, -0.25) is 0 Å². The molecule has 1 aliphatic heterocycles. The lowest BCUT2D eigenvalue weighted by atomic mass is 10.0. The van der Waals surface area contributed by atoms with Gasteiger partial charge in [0.25, 0.3) is 0 Å². The Labute approximate surface area is 119 Å². The molecular formula is C17H21NO2. The zero-order valence-corrected chi connectivity index (χ0v) is 11.6. The van der Waals surface area contributed by atoms with Crippen molar-refractivity contribution in [1.82, 2.24) is 5.32 Å². The van der Waals surface area contributed by atoms with Crippen LogP contribution in [0, 0.1) is 0 Å². The van der Waals surface area contributed by atoms with Crippen LogP contribution < -0.4 is 5.32 Å². The number of benzene rings is 1. The summed E-state index contributed by atoms with van der Waals surface area (Å²) in [6.07, 6.45) is 5.08. The van der Waals surface area contributed by atoms with E-state index >= 15 is 0 Å². The fourth-order valence-corrected chi connectivity index (χ4v) is 2.75. The number of ether oxygens (including phenoxy) is 1. The Morgan fingerprint density at radius 3 is 2.70 bits per heavy atom. The summed E-state index contributed by atoms with van der Waals surface area (Å²) in [5.41, 5.74) is 1.24. The van der Waals surface area contributed by atoms with Crippen molar-refractivity contribution in [1.29, 1.82) is 0 Å². The maximum atomic E-state index is 5.63. The van der Waals surface area contributed by atoms with Gasteiger partial charge in [0, 0.05) is 19.3 Å². The Kier molecular flexibility index (Phi) is 4.51. The molecule has 0 radical (unpaired) electrons. The quantitative estimate of drug-likeness (QED) is 0.923. The van der Waals surface area contributed by atoms with Crippen LogP contribution in [0.2, 0.25) is 0 Å². The largest absolute Gasteiger partial charge is 0.467 e. The number of hydrogen-bond acceptors (Lipinski definition) is 3. The highest BCUT2D eigenvalue weighted by atomic mass is 16.5. The van der Waals surface area contributed by atoms with E-state index in [1.54, 1.807) is 6.26 Å². The van der Waals surface area contributed by atoms with Crippen LogP contribution in [0.4, 0.5) is 0 Å². The molecule has 106 valence electrons. The first kappa shape index (κ1) is 13.4.